The van der Waals surface area contributed by atoms with Crippen molar-refractivity contribution in [2.24, 2.45) is 5.92 Å². The van der Waals surface area contributed by atoms with Crippen molar-refractivity contribution in [1.29, 1.82) is 0 Å². The number of carboxylic acid groups (broad SMARTS) is 2. The number of aliphatic carboxylic acids is 2. The first-order valence-electron chi connectivity index (χ1n) is 9.37. The average molecular weight is 427 g/mol. The standard InChI is InChI=1S/C20H29NO9/c1-20(2,3)30-19(28)21-16(18(26)27)9-13(17(24)25)8-12-4-6-14(7-5-12)29-15(10-22)11-23/h4-7,13,15-16,22-23H,8-11H2,1-3H3,(H,21,28)(H,24,25)(H,26,27)/t13-,16+/m0/s1. The Bertz CT molecular complexity index is 708. The summed E-state index contributed by atoms with van der Waals surface area (Å²) in [5.41, 5.74) is -0.213. The molecule has 0 aliphatic rings. The third kappa shape index (κ3) is 9.10. The molecule has 0 aliphatic heterocycles. The second-order valence-corrected chi connectivity index (χ2v) is 7.76. The van der Waals surface area contributed by atoms with Gasteiger partial charge in [0.1, 0.15) is 23.5 Å². The number of aliphatic hydroxyl groups excluding tert-OH is 2. The maximum atomic E-state index is 11.9. The fourth-order valence-electron chi connectivity index (χ4n) is 2.54. The Morgan fingerprint density at radius 1 is 1.00 bits per heavy atom. The van der Waals surface area contributed by atoms with Crippen LogP contribution >= 0.6 is 0 Å². The smallest absolute Gasteiger partial charge is 0.408 e. The number of rotatable bonds is 11. The molecule has 0 bridgehead atoms. The molecule has 30 heavy (non-hydrogen) atoms. The van der Waals surface area contributed by atoms with Gasteiger partial charge in [0.2, 0.25) is 0 Å². The number of carbonyl (C=O) groups excluding carboxylic acids is 1. The number of benzene rings is 1. The molecule has 1 aromatic rings. The van der Waals surface area contributed by atoms with E-state index < -0.39 is 41.7 Å². The molecule has 1 rings (SSSR count). The number of hydrogen-bond donors (Lipinski definition) is 5. The third-order valence-corrected chi connectivity index (χ3v) is 3.97. The van der Waals surface area contributed by atoms with Crippen LogP contribution in [0, 0.1) is 5.92 Å². The molecule has 1 aromatic carbocycles. The van der Waals surface area contributed by atoms with Crippen LogP contribution in [0.3, 0.4) is 0 Å². The van der Waals surface area contributed by atoms with E-state index in [1.165, 1.54) is 0 Å². The van der Waals surface area contributed by atoms with Gasteiger partial charge in [-0.25, -0.2) is 9.59 Å². The van der Waals surface area contributed by atoms with E-state index in [-0.39, 0.29) is 26.1 Å². The maximum absolute atomic E-state index is 11.9. The van der Waals surface area contributed by atoms with E-state index in [0.29, 0.717) is 11.3 Å². The minimum absolute atomic E-state index is 0.0266. The predicted molar refractivity (Wildman–Crippen MR) is 105 cm³/mol. The largest absolute Gasteiger partial charge is 0.486 e. The van der Waals surface area contributed by atoms with Gasteiger partial charge in [0.25, 0.3) is 0 Å². The van der Waals surface area contributed by atoms with Crippen molar-refractivity contribution in [1.82, 2.24) is 5.32 Å². The molecule has 0 heterocycles. The zero-order valence-corrected chi connectivity index (χ0v) is 17.2. The Kier molecular flexibility index (Phi) is 9.54. The van der Waals surface area contributed by atoms with Gasteiger partial charge in [-0.1, -0.05) is 12.1 Å². The fraction of sp³-hybridized carbons (Fsp3) is 0.550. The minimum Gasteiger partial charge on any atom is -0.486 e. The molecule has 10 nitrogen and oxygen atoms in total. The predicted octanol–water partition coefficient (Wildman–Crippen LogP) is 1.03. The van der Waals surface area contributed by atoms with Crippen molar-refractivity contribution >= 4 is 18.0 Å². The molecule has 168 valence electrons. The van der Waals surface area contributed by atoms with Crippen molar-refractivity contribution < 1.29 is 44.3 Å². The van der Waals surface area contributed by atoms with Crippen LogP contribution in [-0.4, -0.2) is 69.4 Å². The van der Waals surface area contributed by atoms with E-state index in [2.05, 4.69) is 5.32 Å². The highest BCUT2D eigenvalue weighted by Crippen LogP contribution is 2.20. The molecule has 10 heteroatoms. The Morgan fingerprint density at radius 3 is 2.00 bits per heavy atom. The topological polar surface area (TPSA) is 163 Å². The van der Waals surface area contributed by atoms with Crippen molar-refractivity contribution in [2.45, 2.75) is 51.4 Å². The van der Waals surface area contributed by atoms with E-state index in [1.807, 2.05) is 0 Å². The molecule has 1 amide bonds. The number of carboxylic acids is 2. The lowest BCUT2D eigenvalue weighted by Crippen LogP contribution is -2.45. The Balaban J connectivity index is 2.81. The zero-order chi connectivity index (χ0) is 22.9. The van der Waals surface area contributed by atoms with Crippen LogP contribution in [0.4, 0.5) is 4.79 Å². The average Bonchev–Trinajstić information content (AvgIpc) is 2.64. The molecule has 0 unspecified atom stereocenters. The van der Waals surface area contributed by atoms with E-state index in [9.17, 15) is 24.6 Å². The first-order valence-corrected chi connectivity index (χ1v) is 9.37. The first-order chi connectivity index (χ1) is 13.9. The van der Waals surface area contributed by atoms with Crippen LogP contribution < -0.4 is 10.1 Å². The van der Waals surface area contributed by atoms with Gasteiger partial charge in [-0.15, -0.1) is 0 Å². The SMILES string of the molecule is CC(C)(C)OC(=O)N[C@H](C[C@H](Cc1ccc(OC(CO)CO)cc1)C(=O)O)C(=O)O. The number of hydrogen-bond acceptors (Lipinski definition) is 7. The lowest BCUT2D eigenvalue weighted by molar-refractivity contribution is -0.144. The summed E-state index contributed by atoms with van der Waals surface area (Å²) in [4.78, 5) is 35.0. The van der Waals surface area contributed by atoms with Gasteiger partial charge < -0.3 is 35.2 Å². The highest BCUT2D eigenvalue weighted by atomic mass is 16.6. The molecule has 0 spiro atoms. The number of aliphatic hydroxyl groups is 2. The number of alkyl carbamates (subject to hydrolysis) is 1. The number of amides is 1. The lowest BCUT2D eigenvalue weighted by atomic mass is 9.92. The zero-order valence-electron chi connectivity index (χ0n) is 17.2. The summed E-state index contributed by atoms with van der Waals surface area (Å²) >= 11 is 0. The van der Waals surface area contributed by atoms with Crippen LogP contribution in [-0.2, 0) is 20.7 Å². The molecule has 0 radical (unpaired) electrons. The number of carbonyl (C=O) groups is 3. The number of ether oxygens (including phenoxy) is 2. The highest BCUT2D eigenvalue weighted by molar-refractivity contribution is 5.81. The summed E-state index contributed by atoms with van der Waals surface area (Å²) in [5, 5.41) is 39.1. The quantitative estimate of drug-likeness (QED) is 0.347. The minimum atomic E-state index is -1.43. The van der Waals surface area contributed by atoms with Crippen molar-refractivity contribution in [3.63, 3.8) is 0 Å². The fourth-order valence-corrected chi connectivity index (χ4v) is 2.54. The Morgan fingerprint density at radius 2 is 1.57 bits per heavy atom. The molecule has 0 fully saturated rings. The summed E-state index contributed by atoms with van der Waals surface area (Å²) < 4.78 is 10.4. The van der Waals surface area contributed by atoms with Crippen LogP contribution in [0.15, 0.2) is 24.3 Å². The van der Waals surface area contributed by atoms with Crippen molar-refractivity contribution in [3.8, 4) is 5.75 Å². The van der Waals surface area contributed by atoms with Crippen LogP contribution in [0.25, 0.3) is 0 Å². The summed E-state index contributed by atoms with van der Waals surface area (Å²) in [6.07, 6.45) is -2.02. The molecule has 0 saturated heterocycles. The van der Waals surface area contributed by atoms with E-state index in [0.717, 1.165) is 0 Å². The third-order valence-electron chi connectivity index (χ3n) is 3.97. The summed E-state index contributed by atoms with van der Waals surface area (Å²) in [6, 6.07) is 4.89. The van der Waals surface area contributed by atoms with Crippen LogP contribution in [0.5, 0.6) is 5.75 Å². The number of nitrogens with one attached hydrogen (secondary N) is 1. The van der Waals surface area contributed by atoms with Gasteiger partial charge in [0, 0.05) is 0 Å². The molecular formula is C20H29NO9. The molecule has 2 atom stereocenters. The van der Waals surface area contributed by atoms with Crippen LogP contribution in [0.1, 0.15) is 32.8 Å². The second kappa shape index (κ2) is 11.4. The Hall–Kier alpha value is -2.85. The van der Waals surface area contributed by atoms with Gasteiger partial charge in [0.05, 0.1) is 19.1 Å². The Labute approximate surface area is 174 Å². The van der Waals surface area contributed by atoms with Crippen molar-refractivity contribution in [2.75, 3.05) is 13.2 Å². The molecular weight excluding hydrogens is 398 g/mol. The van der Waals surface area contributed by atoms with Gasteiger partial charge >= 0.3 is 18.0 Å². The summed E-state index contributed by atoms with van der Waals surface area (Å²) in [5.74, 6) is -3.26. The molecule has 5 N–H and O–H groups in total. The van der Waals surface area contributed by atoms with Gasteiger partial charge in [-0.2, -0.15) is 0 Å². The normalized spacial score (nSPS) is 13.4. The van der Waals surface area contributed by atoms with Gasteiger partial charge in [-0.05, 0) is 51.3 Å². The first kappa shape index (κ1) is 25.2. The van der Waals surface area contributed by atoms with Gasteiger partial charge in [0.15, 0.2) is 0 Å². The maximum Gasteiger partial charge on any atom is 0.408 e. The molecule has 0 aliphatic carbocycles. The van der Waals surface area contributed by atoms with E-state index >= 15 is 0 Å². The lowest BCUT2D eigenvalue weighted by Gasteiger charge is -2.23. The van der Waals surface area contributed by atoms with E-state index in [4.69, 9.17) is 19.7 Å². The van der Waals surface area contributed by atoms with Crippen molar-refractivity contribution in [3.05, 3.63) is 29.8 Å². The van der Waals surface area contributed by atoms with Gasteiger partial charge in [-0.3, -0.25) is 4.79 Å². The summed E-state index contributed by atoms with van der Waals surface area (Å²) in [7, 11) is 0. The summed E-state index contributed by atoms with van der Waals surface area (Å²) in [6.45, 7) is 4.15. The van der Waals surface area contributed by atoms with Crippen LogP contribution in [0.2, 0.25) is 0 Å². The molecule has 0 aromatic heterocycles. The molecule has 0 saturated carbocycles. The van der Waals surface area contributed by atoms with E-state index in [1.54, 1.807) is 45.0 Å². The monoisotopic (exact) mass is 427 g/mol. The second-order valence-electron chi connectivity index (χ2n) is 7.76. The highest BCUT2D eigenvalue weighted by Gasteiger charge is 2.30.